The third kappa shape index (κ3) is 2.68. The topological polar surface area (TPSA) is 77.0 Å². The molecule has 1 atom stereocenters. The zero-order chi connectivity index (χ0) is 11.3. The van der Waals surface area contributed by atoms with Crippen LogP contribution in [0.15, 0.2) is 5.10 Å². The Morgan fingerprint density at radius 1 is 1.40 bits per heavy atom. The van der Waals surface area contributed by atoms with E-state index in [4.69, 9.17) is 9.47 Å². The van der Waals surface area contributed by atoms with E-state index in [-0.39, 0.29) is 25.5 Å². The minimum absolute atomic E-state index is 0.0929. The third-order valence-corrected chi connectivity index (χ3v) is 1.88. The molecule has 0 saturated heterocycles. The second-order valence-electron chi connectivity index (χ2n) is 2.88. The summed E-state index contributed by atoms with van der Waals surface area (Å²) in [6, 6.07) is 0. The summed E-state index contributed by atoms with van der Waals surface area (Å²) in [5.41, 5.74) is 2.68. The lowest BCUT2D eigenvalue weighted by molar-refractivity contribution is -0.146. The van der Waals surface area contributed by atoms with Crippen LogP contribution >= 0.6 is 0 Å². The van der Waals surface area contributed by atoms with Gasteiger partial charge in [0.1, 0.15) is 5.92 Å². The summed E-state index contributed by atoms with van der Waals surface area (Å²) >= 11 is 0. The lowest BCUT2D eigenvalue weighted by Gasteiger charge is -2.09. The summed E-state index contributed by atoms with van der Waals surface area (Å²) in [6.07, 6.45) is 0. The normalized spacial score (nSPS) is 19.1. The van der Waals surface area contributed by atoms with Gasteiger partial charge in [0.25, 0.3) is 0 Å². The molecule has 15 heavy (non-hydrogen) atoms. The minimum atomic E-state index is -0.649. The predicted molar refractivity (Wildman–Crippen MR) is 52.2 cm³/mol. The summed E-state index contributed by atoms with van der Waals surface area (Å²) in [5.74, 6) is -1.67. The van der Waals surface area contributed by atoms with Crippen LogP contribution in [0.1, 0.15) is 13.8 Å². The van der Waals surface area contributed by atoms with Gasteiger partial charge in [-0.25, -0.2) is 4.79 Å². The molecule has 1 N–H and O–H groups in total. The van der Waals surface area contributed by atoms with Crippen molar-refractivity contribution in [3.63, 3.8) is 0 Å². The molecule has 0 fully saturated rings. The Bertz CT molecular complexity index is 288. The molecule has 84 valence electrons. The monoisotopic (exact) mass is 214 g/mol. The minimum Gasteiger partial charge on any atom is -0.465 e. The molecule has 1 aliphatic rings. The Morgan fingerprint density at radius 3 is 2.67 bits per heavy atom. The van der Waals surface area contributed by atoms with Gasteiger partial charge in [0.05, 0.1) is 19.8 Å². The molecule has 6 nitrogen and oxygen atoms in total. The summed E-state index contributed by atoms with van der Waals surface area (Å²) in [6.45, 7) is 4.23. The van der Waals surface area contributed by atoms with Crippen LogP contribution in [-0.2, 0) is 19.1 Å². The molecule has 0 bridgehead atoms. The molecule has 0 aromatic rings. The maximum Gasteiger partial charge on any atom is 0.355 e. The van der Waals surface area contributed by atoms with E-state index in [1.54, 1.807) is 13.8 Å². The van der Waals surface area contributed by atoms with Crippen molar-refractivity contribution in [3.05, 3.63) is 0 Å². The lowest BCUT2D eigenvalue weighted by atomic mass is 10.1. The molecule has 1 rings (SSSR count). The quantitative estimate of drug-likeness (QED) is 0.649. The Morgan fingerprint density at radius 2 is 2.07 bits per heavy atom. The summed E-state index contributed by atoms with van der Waals surface area (Å²) in [7, 11) is 0. The van der Waals surface area contributed by atoms with Gasteiger partial charge >= 0.3 is 11.9 Å². The Balaban J connectivity index is 2.63. The second kappa shape index (κ2) is 5.33. The number of hydrazone groups is 1. The first-order valence-corrected chi connectivity index (χ1v) is 4.84. The molecular weight excluding hydrogens is 200 g/mol. The first-order valence-electron chi connectivity index (χ1n) is 4.84. The summed E-state index contributed by atoms with van der Waals surface area (Å²) in [4.78, 5) is 22.8. The van der Waals surface area contributed by atoms with Gasteiger partial charge in [-0.2, -0.15) is 5.10 Å². The fourth-order valence-electron chi connectivity index (χ4n) is 1.23. The predicted octanol–water partition coefficient (Wildman–Crippen LogP) is -0.312. The van der Waals surface area contributed by atoms with Gasteiger partial charge in [-0.3, -0.25) is 4.79 Å². The van der Waals surface area contributed by atoms with Gasteiger partial charge in [0, 0.05) is 0 Å². The first kappa shape index (κ1) is 11.5. The molecule has 1 heterocycles. The van der Waals surface area contributed by atoms with Crippen molar-refractivity contribution in [1.82, 2.24) is 5.43 Å². The van der Waals surface area contributed by atoms with Crippen molar-refractivity contribution in [3.8, 4) is 0 Å². The van der Waals surface area contributed by atoms with E-state index in [1.807, 2.05) is 0 Å². The number of carbonyl (C=O) groups is 2. The van der Waals surface area contributed by atoms with E-state index in [0.29, 0.717) is 0 Å². The smallest absolute Gasteiger partial charge is 0.355 e. The standard InChI is InChI=1S/C9H14N2O4/c1-3-14-8(12)6-5-10-11-7(6)9(13)15-4-2/h6,10H,3-5H2,1-2H3. The van der Waals surface area contributed by atoms with Crippen LogP contribution in [0.5, 0.6) is 0 Å². The average Bonchev–Trinajstić information content (AvgIpc) is 2.66. The van der Waals surface area contributed by atoms with Gasteiger partial charge in [0.15, 0.2) is 5.71 Å². The van der Waals surface area contributed by atoms with E-state index in [1.165, 1.54) is 0 Å². The van der Waals surface area contributed by atoms with Crippen molar-refractivity contribution in [1.29, 1.82) is 0 Å². The molecule has 0 aliphatic carbocycles. The van der Waals surface area contributed by atoms with Crippen LogP contribution in [0.25, 0.3) is 0 Å². The number of rotatable bonds is 4. The summed E-state index contributed by atoms with van der Waals surface area (Å²) in [5, 5.41) is 3.73. The van der Waals surface area contributed by atoms with Crippen molar-refractivity contribution in [2.24, 2.45) is 11.0 Å². The lowest BCUT2D eigenvalue weighted by Crippen LogP contribution is -2.32. The Labute approximate surface area is 87.6 Å². The molecule has 1 unspecified atom stereocenters. The Hall–Kier alpha value is -1.59. The highest BCUT2D eigenvalue weighted by Gasteiger charge is 2.35. The number of carbonyl (C=O) groups excluding carboxylic acids is 2. The third-order valence-electron chi connectivity index (χ3n) is 1.88. The van der Waals surface area contributed by atoms with E-state index in [2.05, 4.69) is 10.5 Å². The number of nitrogens with zero attached hydrogens (tertiary/aromatic N) is 1. The van der Waals surface area contributed by atoms with E-state index in [0.717, 1.165) is 0 Å². The van der Waals surface area contributed by atoms with Gasteiger partial charge < -0.3 is 14.9 Å². The van der Waals surface area contributed by atoms with Crippen LogP contribution in [0.3, 0.4) is 0 Å². The molecule has 0 saturated carbocycles. The first-order chi connectivity index (χ1) is 7.20. The van der Waals surface area contributed by atoms with E-state index in [9.17, 15) is 9.59 Å². The van der Waals surface area contributed by atoms with Gasteiger partial charge in [-0.1, -0.05) is 0 Å². The SMILES string of the molecule is CCOC(=O)C1=NNCC1C(=O)OCC. The number of hydrogen-bond acceptors (Lipinski definition) is 6. The largest absolute Gasteiger partial charge is 0.465 e. The van der Waals surface area contributed by atoms with Crippen molar-refractivity contribution in [2.75, 3.05) is 19.8 Å². The van der Waals surface area contributed by atoms with E-state index >= 15 is 0 Å². The molecule has 1 aliphatic heterocycles. The van der Waals surface area contributed by atoms with Gasteiger partial charge in [-0.05, 0) is 13.8 Å². The highest BCUT2D eigenvalue weighted by Crippen LogP contribution is 2.09. The number of esters is 2. The fraction of sp³-hybridized carbons (Fsp3) is 0.667. The van der Waals surface area contributed by atoms with Crippen molar-refractivity contribution in [2.45, 2.75) is 13.8 Å². The molecular formula is C9H14N2O4. The number of ether oxygens (including phenoxy) is 2. The average molecular weight is 214 g/mol. The van der Waals surface area contributed by atoms with Gasteiger partial charge in [0.2, 0.25) is 0 Å². The van der Waals surface area contributed by atoms with Crippen LogP contribution < -0.4 is 5.43 Å². The Kier molecular flexibility index (Phi) is 4.08. The molecule has 0 radical (unpaired) electrons. The maximum absolute atomic E-state index is 11.4. The molecule has 0 amide bonds. The van der Waals surface area contributed by atoms with Crippen molar-refractivity contribution < 1.29 is 19.1 Å². The zero-order valence-electron chi connectivity index (χ0n) is 8.78. The molecule has 0 spiro atoms. The van der Waals surface area contributed by atoms with Crippen LogP contribution in [0.4, 0.5) is 0 Å². The van der Waals surface area contributed by atoms with Crippen LogP contribution in [-0.4, -0.2) is 37.4 Å². The second-order valence-corrected chi connectivity index (χ2v) is 2.88. The van der Waals surface area contributed by atoms with Crippen LogP contribution in [0, 0.1) is 5.92 Å². The maximum atomic E-state index is 11.4. The molecule has 0 aromatic carbocycles. The highest BCUT2D eigenvalue weighted by atomic mass is 16.5. The van der Waals surface area contributed by atoms with Gasteiger partial charge in [-0.15, -0.1) is 0 Å². The number of hydrogen-bond donors (Lipinski definition) is 1. The summed E-state index contributed by atoms with van der Waals surface area (Å²) < 4.78 is 9.58. The van der Waals surface area contributed by atoms with Crippen LogP contribution in [0.2, 0.25) is 0 Å². The molecule has 0 aromatic heterocycles. The zero-order valence-corrected chi connectivity index (χ0v) is 8.78. The van der Waals surface area contributed by atoms with Crippen molar-refractivity contribution >= 4 is 17.7 Å². The number of nitrogens with one attached hydrogen (secondary N) is 1. The molecule has 6 heteroatoms. The van der Waals surface area contributed by atoms with E-state index < -0.39 is 17.9 Å². The highest BCUT2D eigenvalue weighted by molar-refractivity contribution is 6.41. The fourth-order valence-corrected chi connectivity index (χ4v) is 1.23.